The van der Waals surface area contributed by atoms with Crippen LogP contribution in [-0.2, 0) is 10.0 Å². The summed E-state index contributed by atoms with van der Waals surface area (Å²) in [6.07, 6.45) is 3.55. The van der Waals surface area contributed by atoms with Crippen LogP contribution in [0.3, 0.4) is 0 Å². The van der Waals surface area contributed by atoms with Gasteiger partial charge in [0.15, 0.2) is 0 Å². The van der Waals surface area contributed by atoms with Gasteiger partial charge in [-0.25, -0.2) is 22.3 Å². The van der Waals surface area contributed by atoms with Crippen molar-refractivity contribution in [2.24, 2.45) is 17.8 Å². The molecule has 114 valence electrons. The number of hydrogen-bond acceptors (Lipinski definition) is 3. The Morgan fingerprint density at radius 3 is 2.67 bits per heavy atom. The zero-order valence-corrected chi connectivity index (χ0v) is 12.1. The number of halogens is 1. The number of nitrogens with one attached hydrogen (secondary N) is 1. The minimum atomic E-state index is -3.79. The molecule has 2 N–H and O–H groups in total. The van der Waals surface area contributed by atoms with Crippen molar-refractivity contribution in [1.82, 2.24) is 4.72 Å². The van der Waals surface area contributed by atoms with Crippen LogP contribution in [0.4, 0.5) is 4.39 Å². The van der Waals surface area contributed by atoms with Crippen LogP contribution in [-0.4, -0.2) is 26.0 Å². The topological polar surface area (TPSA) is 83.5 Å². The number of sulfonamides is 1. The van der Waals surface area contributed by atoms with E-state index in [4.69, 9.17) is 5.11 Å². The first-order valence-electron chi connectivity index (χ1n) is 6.91. The van der Waals surface area contributed by atoms with E-state index < -0.39 is 27.4 Å². The molecule has 0 aromatic heterocycles. The molecule has 2 atom stereocenters. The number of hydrogen-bond donors (Lipinski definition) is 2. The fraction of sp³-hybridized carbons (Fsp3) is 0.500. The average Bonchev–Trinajstić information content (AvgIpc) is 3.27. The lowest BCUT2D eigenvalue weighted by molar-refractivity contribution is 0.0691. The molecule has 0 radical (unpaired) electrons. The monoisotopic (exact) mass is 313 g/mol. The third kappa shape index (κ3) is 3.08. The number of benzene rings is 1. The minimum Gasteiger partial charge on any atom is -0.478 e. The van der Waals surface area contributed by atoms with Gasteiger partial charge < -0.3 is 5.11 Å². The van der Waals surface area contributed by atoms with Crippen LogP contribution in [0.25, 0.3) is 0 Å². The zero-order chi connectivity index (χ0) is 15.2. The molecule has 7 heteroatoms. The maximum atomic E-state index is 13.5. The first-order valence-corrected chi connectivity index (χ1v) is 8.39. The van der Waals surface area contributed by atoms with Crippen LogP contribution < -0.4 is 4.72 Å². The Labute approximate surface area is 122 Å². The lowest BCUT2D eigenvalue weighted by Crippen LogP contribution is -2.26. The molecule has 21 heavy (non-hydrogen) atoms. The molecule has 0 unspecified atom stereocenters. The summed E-state index contributed by atoms with van der Waals surface area (Å²) in [6, 6.07) is 2.83. The van der Waals surface area contributed by atoms with Gasteiger partial charge in [-0.15, -0.1) is 0 Å². The highest BCUT2D eigenvalue weighted by atomic mass is 32.2. The normalized spacial score (nSPS) is 24.8. The van der Waals surface area contributed by atoms with Crippen molar-refractivity contribution in [2.45, 2.75) is 24.2 Å². The third-order valence-corrected chi connectivity index (χ3v) is 5.64. The molecule has 0 saturated heterocycles. The summed E-state index contributed by atoms with van der Waals surface area (Å²) in [4.78, 5) is 10.5. The molecule has 0 aliphatic heterocycles. The Hall–Kier alpha value is -1.47. The van der Waals surface area contributed by atoms with Crippen molar-refractivity contribution in [2.75, 3.05) is 6.54 Å². The van der Waals surface area contributed by atoms with Crippen molar-refractivity contribution in [3.8, 4) is 0 Å². The van der Waals surface area contributed by atoms with E-state index in [1.54, 1.807) is 0 Å². The van der Waals surface area contributed by atoms with Crippen LogP contribution in [0.5, 0.6) is 0 Å². The molecule has 1 aromatic rings. The van der Waals surface area contributed by atoms with E-state index in [1.165, 1.54) is 12.8 Å². The van der Waals surface area contributed by atoms with Crippen molar-refractivity contribution in [3.05, 3.63) is 29.6 Å². The van der Waals surface area contributed by atoms with E-state index >= 15 is 0 Å². The lowest BCUT2D eigenvalue weighted by atomic mass is 10.2. The Bertz CT molecular complexity index is 684. The zero-order valence-electron chi connectivity index (χ0n) is 11.3. The van der Waals surface area contributed by atoms with Crippen molar-refractivity contribution < 1.29 is 22.7 Å². The molecular weight excluding hydrogens is 297 g/mol. The molecule has 0 heterocycles. The van der Waals surface area contributed by atoms with E-state index in [1.807, 2.05) is 0 Å². The Balaban J connectivity index is 1.66. The van der Waals surface area contributed by atoms with E-state index in [9.17, 15) is 17.6 Å². The van der Waals surface area contributed by atoms with Crippen LogP contribution in [0, 0.1) is 23.6 Å². The quantitative estimate of drug-likeness (QED) is 0.839. The molecule has 0 spiro atoms. The van der Waals surface area contributed by atoms with Gasteiger partial charge in [-0.1, -0.05) is 0 Å². The van der Waals surface area contributed by atoms with Gasteiger partial charge in [0.2, 0.25) is 10.0 Å². The summed E-state index contributed by atoms with van der Waals surface area (Å²) in [5, 5.41) is 8.73. The summed E-state index contributed by atoms with van der Waals surface area (Å²) >= 11 is 0. The molecule has 1 aromatic carbocycles. The van der Waals surface area contributed by atoms with Gasteiger partial charge in [-0.3, -0.25) is 0 Å². The van der Waals surface area contributed by atoms with Gasteiger partial charge in [-0.05, 0) is 55.2 Å². The second-order valence-corrected chi connectivity index (χ2v) is 7.56. The second-order valence-electron chi connectivity index (χ2n) is 5.80. The third-order valence-electron chi connectivity index (χ3n) is 4.22. The SMILES string of the molecule is O=C(O)c1ccc(S(=O)(=O)NC[C@@H]2C[C@H]2C2CC2)cc1F. The van der Waals surface area contributed by atoms with E-state index in [2.05, 4.69) is 4.72 Å². The van der Waals surface area contributed by atoms with Crippen LogP contribution in [0.2, 0.25) is 0 Å². The largest absolute Gasteiger partial charge is 0.478 e. The molecule has 2 fully saturated rings. The maximum absolute atomic E-state index is 13.5. The molecule has 2 aliphatic carbocycles. The van der Waals surface area contributed by atoms with E-state index in [0.29, 0.717) is 18.4 Å². The molecular formula is C14H16FNO4S. The smallest absolute Gasteiger partial charge is 0.338 e. The molecule has 5 nitrogen and oxygen atoms in total. The van der Waals surface area contributed by atoms with Gasteiger partial charge in [0.25, 0.3) is 0 Å². The maximum Gasteiger partial charge on any atom is 0.338 e. The predicted molar refractivity (Wildman–Crippen MR) is 72.9 cm³/mol. The van der Waals surface area contributed by atoms with Gasteiger partial charge in [0, 0.05) is 6.54 Å². The van der Waals surface area contributed by atoms with E-state index in [-0.39, 0.29) is 4.90 Å². The molecule has 0 amide bonds. The first-order chi connectivity index (χ1) is 9.88. The van der Waals surface area contributed by atoms with Crippen LogP contribution in [0.15, 0.2) is 23.1 Å². The number of carboxylic acid groups (broad SMARTS) is 1. The standard InChI is InChI=1S/C14H16FNO4S/c15-13-6-10(3-4-11(13)14(17)18)21(19,20)16-7-9-5-12(9)8-1-2-8/h3-4,6,8-9,12,16H,1-2,5,7H2,(H,17,18)/t9-,12-/m0/s1. The van der Waals surface area contributed by atoms with Crippen molar-refractivity contribution in [1.29, 1.82) is 0 Å². The summed E-state index contributed by atoms with van der Waals surface area (Å²) in [5.41, 5.74) is -0.537. The Morgan fingerprint density at radius 1 is 1.38 bits per heavy atom. The highest BCUT2D eigenvalue weighted by molar-refractivity contribution is 7.89. The van der Waals surface area contributed by atoms with Gasteiger partial charge >= 0.3 is 5.97 Å². The number of carboxylic acids is 1. The fourth-order valence-electron chi connectivity index (χ4n) is 2.74. The second kappa shape index (κ2) is 5.06. The summed E-state index contributed by atoms with van der Waals surface area (Å²) in [7, 11) is -3.79. The summed E-state index contributed by atoms with van der Waals surface area (Å²) in [6.45, 7) is 0.367. The highest BCUT2D eigenvalue weighted by Crippen LogP contribution is 2.54. The molecule has 3 rings (SSSR count). The number of rotatable bonds is 6. The number of aromatic carboxylic acids is 1. The average molecular weight is 313 g/mol. The summed E-state index contributed by atoms with van der Waals surface area (Å²) in [5.74, 6) is -0.677. The summed E-state index contributed by atoms with van der Waals surface area (Å²) < 4.78 is 40.2. The first kappa shape index (κ1) is 14.5. The Morgan fingerprint density at radius 2 is 2.10 bits per heavy atom. The lowest BCUT2D eigenvalue weighted by Gasteiger charge is -2.07. The minimum absolute atomic E-state index is 0.242. The molecule has 2 aliphatic rings. The van der Waals surface area contributed by atoms with E-state index in [0.717, 1.165) is 30.5 Å². The van der Waals surface area contributed by atoms with Crippen LogP contribution in [0.1, 0.15) is 29.6 Å². The molecule has 2 saturated carbocycles. The van der Waals surface area contributed by atoms with Crippen molar-refractivity contribution in [3.63, 3.8) is 0 Å². The predicted octanol–water partition coefficient (Wildman–Crippen LogP) is 1.85. The van der Waals surface area contributed by atoms with Gasteiger partial charge in [0.05, 0.1) is 10.5 Å². The number of carbonyl (C=O) groups is 1. The fourth-order valence-corrected chi connectivity index (χ4v) is 3.85. The Kier molecular flexibility index (Phi) is 3.49. The highest BCUT2D eigenvalue weighted by Gasteiger charge is 2.47. The van der Waals surface area contributed by atoms with Gasteiger partial charge in [-0.2, -0.15) is 0 Å². The van der Waals surface area contributed by atoms with Crippen LogP contribution >= 0.6 is 0 Å². The van der Waals surface area contributed by atoms with Gasteiger partial charge in [0.1, 0.15) is 5.82 Å². The van der Waals surface area contributed by atoms with Crippen molar-refractivity contribution >= 4 is 16.0 Å². The molecule has 0 bridgehead atoms.